The number of rotatable bonds is 7. The molecule has 0 unspecified atom stereocenters. The Kier molecular flexibility index (Phi) is 5.83. The van der Waals surface area contributed by atoms with Gasteiger partial charge in [-0.1, -0.05) is 24.8 Å². The fourth-order valence-electron chi connectivity index (χ4n) is 7.55. The first-order chi connectivity index (χ1) is 16.6. The van der Waals surface area contributed by atoms with E-state index in [1.54, 1.807) is 24.5 Å². The van der Waals surface area contributed by atoms with Crippen LogP contribution in [0, 0.1) is 22.7 Å². The van der Waals surface area contributed by atoms with Crippen LogP contribution in [0.5, 0.6) is 11.5 Å². The van der Waals surface area contributed by atoms with Gasteiger partial charge in [-0.3, -0.25) is 14.4 Å². The van der Waals surface area contributed by atoms with Crippen LogP contribution < -0.4 is 14.8 Å². The zero-order valence-electron chi connectivity index (χ0n) is 20.9. The van der Waals surface area contributed by atoms with Crippen LogP contribution in [-0.4, -0.2) is 49.0 Å². The number of benzene rings is 1. The highest BCUT2D eigenvalue weighted by molar-refractivity contribution is 8.13. The van der Waals surface area contributed by atoms with Crippen molar-refractivity contribution in [3.63, 3.8) is 0 Å². The average Bonchev–Trinajstić information content (AvgIpc) is 3.20. The molecular weight excluding hydrogens is 466 g/mol. The number of thioether (sulfide) groups is 1. The normalized spacial score (nSPS) is 36.3. The Labute approximate surface area is 210 Å². The van der Waals surface area contributed by atoms with Crippen molar-refractivity contribution < 1.29 is 28.6 Å². The van der Waals surface area contributed by atoms with Crippen LogP contribution in [0.3, 0.4) is 0 Å². The van der Waals surface area contributed by atoms with Crippen LogP contribution in [0.25, 0.3) is 0 Å². The number of ketones is 1. The monoisotopic (exact) mass is 499 g/mol. The Morgan fingerprint density at radius 3 is 2.66 bits per heavy atom. The molecule has 0 radical (unpaired) electrons. The molecule has 1 amide bonds. The number of methoxy groups -OCH3 is 2. The van der Waals surface area contributed by atoms with Crippen LogP contribution in [0.4, 0.5) is 5.69 Å². The Balaban J connectivity index is 1.37. The fourth-order valence-corrected chi connectivity index (χ4v) is 7.93. The fraction of sp³-hybridized carbons (Fsp3) is 0.593. The largest absolute Gasteiger partial charge is 0.494 e. The van der Waals surface area contributed by atoms with Crippen molar-refractivity contribution in [2.45, 2.75) is 57.7 Å². The number of ether oxygens (including phenoxy) is 3. The van der Waals surface area contributed by atoms with E-state index in [2.05, 4.69) is 18.3 Å². The van der Waals surface area contributed by atoms with Gasteiger partial charge in [0.25, 0.3) is 0 Å². The summed E-state index contributed by atoms with van der Waals surface area (Å²) in [5.74, 6) is 1.12. The molecule has 1 spiro atoms. The lowest BCUT2D eigenvalue weighted by Crippen LogP contribution is -2.56. The van der Waals surface area contributed by atoms with Gasteiger partial charge in [-0.05, 0) is 68.4 Å². The predicted octanol–water partition coefficient (Wildman–Crippen LogP) is 4.64. The molecule has 6 atom stereocenters. The summed E-state index contributed by atoms with van der Waals surface area (Å²) in [5, 5.41) is 2.72. The zero-order chi connectivity index (χ0) is 25.2. The van der Waals surface area contributed by atoms with Gasteiger partial charge in [0, 0.05) is 17.8 Å². The van der Waals surface area contributed by atoms with Gasteiger partial charge in [0.05, 0.1) is 31.5 Å². The smallest absolute Gasteiger partial charge is 0.224 e. The molecule has 2 aliphatic heterocycles. The second kappa shape index (κ2) is 8.37. The van der Waals surface area contributed by atoms with Gasteiger partial charge in [-0.25, -0.2) is 0 Å². The van der Waals surface area contributed by atoms with Gasteiger partial charge in [-0.15, -0.1) is 0 Å². The molecule has 4 bridgehead atoms. The highest BCUT2D eigenvalue weighted by atomic mass is 32.2. The molecule has 2 saturated carbocycles. The van der Waals surface area contributed by atoms with Gasteiger partial charge in [-0.2, -0.15) is 0 Å². The van der Waals surface area contributed by atoms with Gasteiger partial charge in [0.15, 0.2) is 11.5 Å². The quantitative estimate of drug-likeness (QED) is 0.584. The van der Waals surface area contributed by atoms with Gasteiger partial charge >= 0.3 is 0 Å². The van der Waals surface area contributed by atoms with Crippen molar-refractivity contribution in [2.24, 2.45) is 22.7 Å². The third kappa shape index (κ3) is 3.55. The van der Waals surface area contributed by atoms with E-state index in [9.17, 15) is 14.4 Å². The minimum Gasteiger partial charge on any atom is -0.494 e. The molecule has 0 aromatic heterocycles. The standard InChI is InChI=1S/C27H33NO6S/c1-25(19(29)8-11-27-13-15-12-18(23(25)27)34-26(15,2)14-27)10-9-20(30)28-21-17(32-3)7-6-16(22(21)33-4)24(31)35-5/h6-8,11,15,18,23H,9-10,12-14H2,1-5H3,(H,28,30)/t15-,18+,23+,25-,26+,27+/m1/s1. The highest BCUT2D eigenvalue weighted by Gasteiger charge is 2.71. The molecule has 1 aromatic carbocycles. The summed E-state index contributed by atoms with van der Waals surface area (Å²) in [6.45, 7) is 4.23. The van der Waals surface area contributed by atoms with Crippen molar-refractivity contribution in [2.75, 3.05) is 25.8 Å². The molecule has 2 heterocycles. The van der Waals surface area contributed by atoms with E-state index in [0.29, 0.717) is 29.3 Å². The summed E-state index contributed by atoms with van der Waals surface area (Å²) < 4.78 is 17.4. The maximum atomic E-state index is 13.3. The minimum atomic E-state index is -0.668. The Bertz CT molecular complexity index is 1130. The maximum absolute atomic E-state index is 13.3. The van der Waals surface area contributed by atoms with Crippen molar-refractivity contribution in [1.82, 2.24) is 0 Å². The molecule has 4 fully saturated rings. The number of nitrogens with one attached hydrogen (secondary N) is 1. The number of carbonyl (C=O) groups is 3. The summed E-state index contributed by atoms with van der Waals surface area (Å²) >= 11 is 1.07. The van der Waals surface area contributed by atoms with Crippen molar-refractivity contribution in [3.05, 3.63) is 29.8 Å². The molecule has 5 aliphatic rings. The third-order valence-electron chi connectivity index (χ3n) is 9.00. The number of hydrogen-bond acceptors (Lipinski definition) is 7. The van der Waals surface area contributed by atoms with E-state index in [1.807, 2.05) is 6.92 Å². The van der Waals surface area contributed by atoms with Crippen LogP contribution in [0.15, 0.2) is 24.3 Å². The van der Waals surface area contributed by atoms with E-state index in [1.165, 1.54) is 14.2 Å². The van der Waals surface area contributed by atoms with Crippen LogP contribution in [-0.2, 0) is 14.3 Å². The zero-order valence-corrected chi connectivity index (χ0v) is 21.8. The summed E-state index contributed by atoms with van der Waals surface area (Å²) in [5.41, 5.74) is -0.0838. The first kappa shape index (κ1) is 24.4. The van der Waals surface area contributed by atoms with E-state index in [4.69, 9.17) is 14.2 Å². The highest BCUT2D eigenvalue weighted by Crippen LogP contribution is 2.71. The van der Waals surface area contributed by atoms with E-state index >= 15 is 0 Å². The van der Waals surface area contributed by atoms with Crippen LogP contribution in [0.1, 0.15) is 56.3 Å². The molecule has 7 nitrogen and oxygen atoms in total. The van der Waals surface area contributed by atoms with E-state index in [-0.39, 0.29) is 52.0 Å². The lowest BCUT2D eigenvalue weighted by atomic mass is 9.51. The molecule has 1 aromatic rings. The lowest BCUT2D eigenvalue weighted by Gasteiger charge is -2.55. The van der Waals surface area contributed by atoms with Crippen molar-refractivity contribution >= 4 is 34.3 Å². The van der Waals surface area contributed by atoms with Crippen LogP contribution >= 0.6 is 11.8 Å². The molecule has 3 aliphatic carbocycles. The Morgan fingerprint density at radius 1 is 1.23 bits per heavy atom. The molecule has 188 valence electrons. The minimum absolute atomic E-state index is 0.0152. The van der Waals surface area contributed by atoms with E-state index in [0.717, 1.165) is 31.0 Å². The number of anilines is 1. The van der Waals surface area contributed by atoms with Gasteiger partial charge < -0.3 is 19.5 Å². The number of carbonyl (C=O) groups excluding carboxylic acids is 3. The molecule has 8 heteroatoms. The number of amides is 1. The van der Waals surface area contributed by atoms with Crippen LogP contribution in [0.2, 0.25) is 0 Å². The molecule has 35 heavy (non-hydrogen) atoms. The van der Waals surface area contributed by atoms with Gasteiger partial charge in [0.1, 0.15) is 11.4 Å². The SMILES string of the molecule is COc1ccc(C(=O)SC)c(OC)c1NC(=O)CC[C@]1(C)C(=O)C=C[C@]23C[C@H]4C[C@H](O[C@@]4(C)C2)[C@H]31. The first-order valence-electron chi connectivity index (χ1n) is 12.2. The van der Waals surface area contributed by atoms with Crippen molar-refractivity contribution in [1.29, 1.82) is 0 Å². The number of hydrogen-bond donors (Lipinski definition) is 1. The first-order valence-corrected chi connectivity index (χ1v) is 13.4. The molecule has 6 rings (SSSR count). The number of allylic oxidation sites excluding steroid dienone is 2. The topological polar surface area (TPSA) is 90.9 Å². The third-order valence-corrected chi connectivity index (χ3v) is 9.59. The maximum Gasteiger partial charge on any atom is 0.224 e. The summed E-state index contributed by atoms with van der Waals surface area (Å²) in [6, 6.07) is 3.27. The second-order valence-electron chi connectivity index (χ2n) is 10.9. The van der Waals surface area contributed by atoms with Crippen molar-refractivity contribution in [3.8, 4) is 11.5 Å². The Hall–Kier alpha value is -2.32. The van der Waals surface area contributed by atoms with E-state index < -0.39 is 5.41 Å². The molecule has 1 N–H and O–H groups in total. The predicted molar refractivity (Wildman–Crippen MR) is 134 cm³/mol. The van der Waals surface area contributed by atoms with Gasteiger partial charge in [0.2, 0.25) is 11.0 Å². The molecular formula is C27H33NO6S. The average molecular weight is 500 g/mol. The summed E-state index contributed by atoms with van der Waals surface area (Å²) in [6.07, 6.45) is 9.24. The molecule has 2 saturated heterocycles. The summed E-state index contributed by atoms with van der Waals surface area (Å²) in [4.78, 5) is 38.8. The lowest BCUT2D eigenvalue weighted by molar-refractivity contribution is -0.169. The summed E-state index contributed by atoms with van der Waals surface area (Å²) in [7, 11) is 2.96. The second-order valence-corrected chi connectivity index (χ2v) is 11.7. The Morgan fingerprint density at radius 2 is 2.00 bits per heavy atom.